The lowest BCUT2D eigenvalue weighted by Crippen LogP contribution is -2.21. The molecule has 1 unspecified atom stereocenters. The van der Waals surface area contributed by atoms with Gasteiger partial charge in [0.25, 0.3) is 0 Å². The van der Waals surface area contributed by atoms with E-state index >= 15 is 0 Å². The summed E-state index contributed by atoms with van der Waals surface area (Å²) >= 11 is 5.98. The van der Waals surface area contributed by atoms with Crippen LogP contribution in [0.5, 0.6) is 0 Å². The van der Waals surface area contributed by atoms with E-state index in [0.29, 0.717) is 10.6 Å². The van der Waals surface area contributed by atoms with E-state index in [0.717, 1.165) is 23.1 Å². The highest BCUT2D eigenvalue weighted by molar-refractivity contribution is 6.31. The summed E-state index contributed by atoms with van der Waals surface area (Å²) in [6.07, 6.45) is 0. The first kappa shape index (κ1) is 12.9. The number of aromatic nitrogens is 1. The first-order valence-corrected chi connectivity index (χ1v) is 6.11. The van der Waals surface area contributed by atoms with Crippen molar-refractivity contribution in [3.63, 3.8) is 0 Å². The molecule has 18 heavy (non-hydrogen) atoms. The van der Waals surface area contributed by atoms with Crippen molar-refractivity contribution in [2.24, 2.45) is 5.73 Å². The minimum absolute atomic E-state index is 0.578. The van der Waals surface area contributed by atoms with E-state index < -0.39 is 12.0 Å². The summed E-state index contributed by atoms with van der Waals surface area (Å²) in [5.41, 5.74) is 8.25. The molecule has 5 heteroatoms. The highest BCUT2D eigenvalue weighted by Gasteiger charge is 2.23. The van der Waals surface area contributed by atoms with Gasteiger partial charge in [-0.1, -0.05) is 11.6 Å². The van der Waals surface area contributed by atoms with Crippen LogP contribution >= 0.6 is 11.6 Å². The molecular formula is C13H15ClN2O2. The van der Waals surface area contributed by atoms with Gasteiger partial charge in [0.05, 0.1) is 0 Å². The van der Waals surface area contributed by atoms with Gasteiger partial charge in [-0.15, -0.1) is 0 Å². The smallest absolute Gasteiger partial charge is 0.325 e. The van der Waals surface area contributed by atoms with Gasteiger partial charge in [-0.3, -0.25) is 4.79 Å². The molecule has 3 N–H and O–H groups in total. The number of halogens is 1. The number of nitrogens with zero attached hydrogens (tertiary/aromatic N) is 1. The number of benzene rings is 1. The largest absolute Gasteiger partial charge is 0.480 e. The van der Waals surface area contributed by atoms with Crippen molar-refractivity contribution in [1.29, 1.82) is 0 Å². The lowest BCUT2D eigenvalue weighted by Gasteiger charge is -2.08. The number of carboxylic acid groups (broad SMARTS) is 1. The van der Waals surface area contributed by atoms with Gasteiger partial charge in [0.1, 0.15) is 6.04 Å². The first-order chi connectivity index (χ1) is 8.47. The number of carbonyl (C=O) groups is 1. The quantitative estimate of drug-likeness (QED) is 0.897. The maximum Gasteiger partial charge on any atom is 0.325 e. The third kappa shape index (κ3) is 1.87. The Hall–Kier alpha value is -1.52. The number of rotatable bonds is 3. The van der Waals surface area contributed by atoms with Crippen LogP contribution < -0.4 is 5.73 Å². The normalized spacial score (nSPS) is 12.9. The van der Waals surface area contributed by atoms with Crippen LogP contribution in [-0.4, -0.2) is 15.6 Å². The van der Waals surface area contributed by atoms with Crippen LogP contribution in [0.15, 0.2) is 18.2 Å². The topological polar surface area (TPSA) is 68.2 Å². The third-order valence-electron chi connectivity index (χ3n) is 3.23. The fourth-order valence-electron chi connectivity index (χ4n) is 2.40. The fourth-order valence-corrected chi connectivity index (χ4v) is 2.58. The maximum atomic E-state index is 11.1. The molecule has 0 saturated heterocycles. The Morgan fingerprint density at radius 1 is 1.56 bits per heavy atom. The van der Waals surface area contributed by atoms with Crippen molar-refractivity contribution in [2.45, 2.75) is 26.4 Å². The van der Waals surface area contributed by atoms with E-state index in [1.807, 2.05) is 24.5 Å². The van der Waals surface area contributed by atoms with Gasteiger partial charge in [-0.25, -0.2) is 0 Å². The second-order valence-electron chi connectivity index (χ2n) is 4.22. The van der Waals surface area contributed by atoms with E-state index in [1.54, 1.807) is 12.1 Å². The first-order valence-electron chi connectivity index (χ1n) is 5.74. The number of aryl methyl sites for hydroxylation is 1. The van der Waals surface area contributed by atoms with Crippen LogP contribution in [0.25, 0.3) is 10.9 Å². The zero-order valence-electron chi connectivity index (χ0n) is 10.3. The zero-order valence-corrected chi connectivity index (χ0v) is 11.0. The maximum absolute atomic E-state index is 11.1. The molecule has 0 saturated carbocycles. The van der Waals surface area contributed by atoms with Gasteiger partial charge in [0.15, 0.2) is 0 Å². The average molecular weight is 267 g/mol. The van der Waals surface area contributed by atoms with E-state index in [4.69, 9.17) is 22.4 Å². The predicted octanol–water partition coefficient (Wildman–Crippen LogP) is 2.71. The Labute approximate surface area is 110 Å². The molecule has 0 radical (unpaired) electrons. The summed E-state index contributed by atoms with van der Waals surface area (Å²) in [4.78, 5) is 11.1. The molecule has 0 aliphatic rings. The number of fused-ring (bicyclic) bond motifs is 1. The van der Waals surface area contributed by atoms with Crippen LogP contribution in [0, 0.1) is 6.92 Å². The zero-order chi connectivity index (χ0) is 13.4. The molecule has 1 aromatic carbocycles. The lowest BCUT2D eigenvalue weighted by atomic mass is 10.0. The van der Waals surface area contributed by atoms with E-state index in [2.05, 4.69) is 0 Å². The fraction of sp³-hybridized carbons (Fsp3) is 0.308. The van der Waals surface area contributed by atoms with Gasteiger partial charge in [-0.05, 0) is 32.0 Å². The van der Waals surface area contributed by atoms with Crippen LogP contribution in [0.2, 0.25) is 5.02 Å². The summed E-state index contributed by atoms with van der Waals surface area (Å²) in [5.74, 6) is -1.03. The van der Waals surface area contributed by atoms with Crippen LogP contribution in [-0.2, 0) is 11.3 Å². The number of hydrogen-bond donors (Lipinski definition) is 2. The predicted molar refractivity (Wildman–Crippen MR) is 71.9 cm³/mol. The Bertz CT molecular complexity index is 619. The van der Waals surface area contributed by atoms with Crippen molar-refractivity contribution in [1.82, 2.24) is 4.57 Å². The Kier molecular flexibility index (Phi) is 3.32. The highest BCUT2D eigenvalue weighted by Crippen LogP contribution is 2.31. The monoisotopic (exact) mass is 266 g/mol. The van der Waals surface area contributed by atoms with Crippen molar-refractivity contribution in [3.05, 3.63) is 34.5 Å². The highest BCUT2D eigenvalue weighted by atomic mass is 35.5. The van der Waals surface area contributed by atoms with Crippen LogP contribution in [0.1, 0.15) is 24.2 Å². The molecule has 0 bridgehead atoms. The summed E-state index contributed by atoms with van der Waals surface area (Å²) in [6.45, 7) is 4.66. The van der Waals surface area contributed by atoms with Crippen LogP contribution in [0.4, 0.5) is 0 Å². The Morgan fingerprint density at radius 2 is 2.22 bits per heavy atom. The van der Waals surface area contributed by atoms with E-state index in [9.17, 15) is 4.79 Å². The van der Waals surface area contributed by atoms with Crippen molar-refractivity contribution in [2.75, 3.05) is 0 Å². The number of hydrogen-bond acceptors (Lipinski definition) is 2. The summed E-state index contributed by atoms with van der Waals surface area (Å²) in [5, 5.41) is 10.5. The number of carboxylic acids is 1. The molecule has 0 spiro atoms. The molecule has 2 rings (SSSR count). The molecule has 2 aromatic rings. The third-order valence-corrected chi connectivity index (χ3v) is 3.46. The molecule has 0 aliphatic carbocycles. The molecule has 1 aromatic heterocycles. The van der Waals surface area contributed by atoms with Gasteiger partial charge in [-0.2, -0.15) is 0 Å². The molecule has 1 atom stereocenters. The second kappa shape index (κ2) is 4.63. The molecule has 1 heterocycles. The van der Waals surface area contributed by atoms with Gasteiger partial charge >= 0.3 is 5.97 Å². The molecule has 0 fully saturated rings. The Balaban J connectivity index is 2.82. The number of nitrogens with two attached hydrogens (primary N) is 1. The number of aliphatic carboxylic acids is 1. The van der Waals surface area contributed by atoms with Gasteiger partial charge < -0.3 is 15.4 Å². The molecule has 0 aliphatic heterocycles. The standard InChI is InChI=1S/C13H15ClN2O2/c1-3-16-7(2)11(12(15)13(17)18)9-6-8(14)4-5-10(9)16/h4-6,12H,3,15H2,1-2H3,(H,17,18). The minimum Gasteiger partial charge on any atom is -0.480 e. The minimum atomic E-state index is -1.03. The summed E-state index contributed by atoms with van der Waals surface area (Å²) in [7, 11) is 0. The van der Waals surface area contributed by atoms with E-state index in [1.165, 1.54) is 0 Å². The average Bonchev–Trinajstić information content (AvgIpc) is 2.59. The molecule has 0 amide bonds. The second-order valence-corrected chi connectivity index (χ2v) is 4.66. The van der Waals surface area contributed by atoms with E-state index in [-0.39, 0.29) is 0 Å². The SMILES string of the molecule is CCn1c(C)c(C(N)C(=O)O)c2cc(Cl)ccc21. The lowest BCUT2D eigenvalue weighted by molar-refractivity contribution is -0.138. The summed E-state index contributed by atoms with van der Waals surface area (Å²) < 4.78 is 2.05. The van der Waals surface area contributed by atoms with Crippen molar-refractivity contribution >= 4 is 28.5 Å². The molecule has 96 valence electrons. The Morgan fingerprint density at radius 3 is 2.78 bits per heavy atom. The van der Waals surface area contributed by atoms with Crippen molar-refractivity contribution < 1.29 is 9.90 Å². The van der Waals surface area contributed by atoms with Gasteiger partial charge in [0, 0.05) is 33.7 Å². The van der Waals surface area contributed by atoms with Crippen molar-refractivity contribution in [3.8, 4) is 0 Å². The van der Waals surface area contributed by atoms with Gasteiger partial charge in [0.2, 0.25) is 0 Å². The summed E-state index contributed by atoms with van der Waals surface area (Å²) in [6, 6.07) is 4.44. The molecule has 4 nitrogen and oxygen atoms in total. The van der Waals surface area contributed by atoms with Crippen LogP contribution in [0.3, 0.4) is 0 Å². The molecular weight excluding hydrogens is 252 g/mol.